The SMILES string of the molecule is CC(C)(C)COC1CCC(C(F)(F)F)CC1. The minimum absolute atomic E-state index is 0.0258. The zero-order valence-electron chi connectivity index (χ0n) is 10.2. The Morgan fingerprint density at radius 3 is 1.88 bits per heavy atom. The van der Waals surface area contributed by atoms with Gasteiger partial charge in [-0.3, -0.25) is 0 Å². The van der Waals surface area contributed by atoms with E-state index in [-0.39, 0.29) is 24.4 Å². The van der Waals surface area contributed by atoms with Crippen LogP contribution in [-0.4, -0.2) is 18.9 Å². The second-order valence-corrected chi connectivity index (χ2v) is 5.89. The molecule has 1 nitrogen and oxygen atoms in total. The number of halogens is 3. The Hall–Kier alpha value is -0.250. The Bertz CT molecular complexity index is 209. The van der Waals surface area contributed by atoms with Gasteiger partial charge in [0.2, 0.25) is 0 Å². The predicted molar refractivity (Wildman–Crippen MR) is 57.2 cm³/mol. The van der Waals surface area contributed by atoms with E-state index in [1.807, 2.05) is 0 Å². The van der Waals surface area contributed by atoms with E-state index in [9.17, 15) is 13.2 Å². The van der Waals surface area contributed by atoms with E-state index in [1.54, 1.807) is 0 Å². The lowest BCUT2D eigenvalue weighted by Gasteiger charge is -2.31. The number of alkyl halides is 3. The number of ether oxygens (including phenoxy) is 1. The fourth-order valence-corrected chi connectivity index (χ4v) is 1.92. The van der Waals surface area contributed by atoms with Gasteiger partial charge in [0.15, 0.2) is 0 Å². The van der Waals surface area contributed by atoms with Crippen molar-refractivity contribution in [2.45, 2.75) is 58.7 Å². The molecule has 1 aliphatic rings. The van der Waals surface area contributed by atoms with Gasteiger partial charge in [-0.15, -0.1) is 0 Å². The van der Waals surface area contributed by atoms with Crippen molar-refractivity contribution in [1.82, 2.24) is 0 Å². The molecule has 0 N–H and O–H groups in total. The van der Waals surface area contributed by atoms with Gasteiger partial charge in [-0.2, -0.15) is 13.2 Å². The first-order chi connectivity index (χ1) is 7.18. The molecule has 0 saturated heterocycles. The minimum Gasteiger partial charge on any atom is -0.378 e. The summed E-state index contributed by atoms with van der Waals surface area (Å²) in [6.45, 7) is 6.81. The Morgan fingerprint density at radius 2 is 1.50 bits per heavy atom. The van der Waals surface area contributed by atoms with Gasteiger partial charge in [0.1, 0.15) is 0 Å². The van der Waals surface area contributed by atoms with E-state index in [0.29, 0.717) is 19.4 Å². The van der Waals surface area contributed by atoms with Crippen molar-refractivity contribution >= 4 is 0 Å². The lowest BCUT2D eigenvalue weighted by molar-refractivity contribution is -0.188. The van der Waals surface area contributed by atoms with E-state index < -0.39 is 12.1 Å². The van der Waals surface area contributed by atoms with Crippen LogP contribution in [0.5, 0.6) is 0 Å². The highest BCUT2D eigenvalue weighted by Crippen LogP contribution is 2.38. The predicted octanol–water partition coefficient (Wildman–Crippen LogP) is 4.17. The largest absolute Gasteiger partial charge is 0.391 e. The molecule has 0 heterocycles. The molecule has 0 unspecified atom stereocenters. The van der Waals surface area contributed by atoms with Crippen LogP contribution in [0.1, 0.15) is 46.5 Å². The molecular formula is C12H21F3O. The van der Waals surface area contributed by atoms with Crippen LogP contribution in [0, 0.1) is 11.3 Å². The van der Waals surface area contributed by atoms with E-state index in [2.05, 4.69) is 20.8 Å². The normalized spacial score (nSPS) is 28.1. The van der Waals surface area contributed by atoms with Crippen LogP contribution in [0.25, 0.3) is 0 Å². The standard InChI is InChI=1S/C12H21F3O/c1-11(2,3)8-16-10-6-4-9(5-7-10)12(13,14)15/h9-10H,4-8H2,1-3H3. The van der Waals surface area contributed by atoms with Crippen molar-refractivity contribution in [1.29, 1.82) is 0 Å². The van der Waals surface area contributed by atoms with E-state index in [1.165, 1.54) is 0 Å². The van der Waals surface area contributed by atoms with Gasteiger partial charge in [-0.05, 0) is 31.1 Å². The number of hydrogen-bond donors (Lipinski definition) is 0. The molecule has 0 spiro atoms. The molecule has 0 atom stereocenters. The molecule has 96 valence electrons. The molecule has 1 aliphatic carbocycles. The molecule has 0 aromatic rings. The maximum absolute atomic E-state index is 12.4. The topological polar surface area (TPSA) is 9.23 Å². The highest BCUT2D eigenvalue weighted by atomic mass is 19.4. The monoisotopic (exact) mass is 238 g/mol. The van der Waals surface area contributed by atoms with E-state index >= 15 is 0 Å². The molecule has 0 radical (unpaired) electrons. The van der Waals surface area contributed by atoms with Gasteiger partial charge in [0, 0.05) is 0 Å². The van der Waals surface area contributed by atoms with Crippen LogP contribution in [-0.2, 0) is 4.74 Å². The second kappa shape index (κ2) is 4.94. The zero-order valence-corrected chi connectivity index (χ0v) is 10.2. The minimum atomic E-state index is -4.02. The summed E-state index contributed by atoms with van der Waals surface area (Å²) in [5, 5.41) is 0. The fraction of sp³-hybridized carbons (Fsp3) is 1.00. The van der Waals surface area contributed by atoms with Gasteiger partial charge >= 0.3 is 6.18 Å². The van der Waals surface area contributed by atoms with Crippen LogP contribution in [0.15, 0.2) is 0 Å². The Balaban J connectivity index is 2.28. The smallest absolute Gasteiger partial charge is 0.378 e. The van der Waals surface area contributed by atoms with Gasteiger partial charge < -0.3 is 4.74 Å². The molecular weight excluding hydrogens is 217 g/mol. The summed E-state index contributed by atoms with van der Waals surface area (Å²) in [6.07, 6.45) is -2.47. The molecule has 0 aromatic carbocycles. The summed E-state index contributed by atoms with van der Waals surface area (Å²) in [5.74, 6) is -1.11. The third-order valence-electron chi connectivity index (χ3n) is 2.89. The highest BCUT2D eigenvalue weighted by Gasteiger charge is 2.41. The summed E-state index contributed by atoms with van der Waals surface area (Å²) < 4.78 is 42.8. The summed E-state index contributed by atoms with van der Waals surface area (Å²) >= 11 is 0. The summed E-state index contributed by atoms with van der Waals surface area (Å²) in [7, 11) is 0. The molecule has 1 rings (SSSR count). The van der Waals surface area contributed by atoms with Gasteiger partial charge in [0.25, 0.3) is 0 Å². The molecule has 16 heavy (non-hydrogen) atoms. The molecule has 0 aromatic heterocycles. The van der Waals surface area contributed by atoms with Crippen LogP contribution in [0.3, 0.4) is 0 Å². The zero-order chi connectivity index (χ0) is 12.4. The quantitative estimate of drug-likeness (QED) is 0.701. The van der Waals surface area contributed by atoms with Gasteiger partial charge in [0.05, 0.1) is 18.6 Å². The van der Waals surface area contributed by atoms with Crippen LogP contribution in [0.4, 0.5) is 13.2 Å². The van der Waals surface area contributed by atoms with Crippen molar-refractivity contribution in [3.05, 3.63) is 0 Å². The molecule has 0 bridgehead atoms. The summed E-state index contributed by atoms with van der Waals surface area (Å²) in [5.41, 5.74) is 0.0842. The fourth-order valence-electron chi connectivity index (χ4n) is 1.92. The average Bonchev–Trinajstić information content (AvgIpc) is 2.13. The van der Waals surface area contributed by atoms with Gasteiger partial charge in [-0.25, -0.2) is 0 Å². The Kier molecular flexibility index (Phi) is 4.27. The van der Waals surface area contributed by atoms with Crippen LogP contribution in [0.2, 0.25) is 0 Å². The second-order valence-electron chi connectivity index (χ2n) is 5.89. The third kappa shape index (κ3) is 4.73. The number of hydrogen-bond acceptors (Lipinski definition) is 1. The molecule has 1 saturated carbocycles. The molecule has 0 amide bonds. The maximum Gasteiger partial charge on any atom is 0.391 e. The lowest BCUT2D eigenvalue weighted by atomic mass is 9.87. The van der Waals surface area contributed by atoms with Crippen LogP contribution < -0.4 is 0 Å². The van der Waals surface area contributed by atoms with E-state index in [0.717, 1.165) is 0 Å². The Morgan fingerprint density at radius 1 is 1.00 bits per heavy atom. The van der Waals surface area contributed by atoms with Crippen molar-refractivity contribution in [3.8, 4) is 0 Å². The van der Waals surface area contributed by atoms with Crippen molar-refractivity contribution in [2.24, 2.45) is 11.3 Å². The Labute approximate surface area is 95.4 Å². The average molecular weight is 238 g/mol. The molecule has 1 fully saturated rings. The number of rotatable bonds is 2. The van der Waals surface area contributed by atoms with Crippen molar-refractivity contribution in [3.63, 3.8) is 0 Å². The third-order valence-corrected chi connectivity index (χ3v) is 2.89. The lowest BCUT2D eigenvalue weighted by Crippen LogP contribution is -2.32. The van der Waals surface area contributed by atoms with Crippen LogP contribution >= 0.6 is 0 Å². The first-order valence-electron chi connectivity index (χ1n) is 5.87. The first kappa shape index (κ1) is 13.8. The van der Waals surface area contributed by atoms with E-state index in [4.69, 9.17) is 4.74 Å². The summed E-state index contributed by atoms with van der Waals surface area (Å²) in [6, 6.07) is 0. The maximum atomic E-state index is 12.4. The van der Waals surface area contributed by atoms with Crippen molar-refractivity contribution in [2.75, 3.05) is 6.61 Å². The molecule has 4 heteroatoms. The summed E-state index contributed by atoms with van der Waals surface area (Å²) in [4.78, 5) is 0. The van der Waals surface area contributed by atoms with Gasteiger partial charge in [-0.1, -0.05) is 20.8 Å². The first-order valence-corrected chi connectivity index (χ1v) is 5.87. The highest BCUT2D eigenvalue weighted by molar-refractivity contribution is 4.78. The molecule has 0 aliphatic heterocycles. The van der Waals surface area contributed by atoms with Crippen molar-refractivity contribution < 1.29 is 17.9 Å².